The van der Waals surface area contributed by atoms with Gasteiger partial charge in [-0.15, -0.1) is 0 Å². The van der Waals surface area contributed by atoms with Crippen LogP contribution >= 0.6 is 0 Å². The first kappa shape index (κ1) is 14.2. The number of nitriles is 1. The highest BCUT2D eigenvalue weighted by molar-refractivity contribution is 5.45. The van der Waals surface area contributed by atoms with Crippen molar-refractivity contribution in [3.63, 3.8) is 0 Å². The van der Waals surface area contributed by atoms with Crippen LogP contribution in [0.3, 0.4) is 0 Å². The number of nitrogens with zero attached hydrogens (tertiary/aromatic N) is 4. The van der Waals surface area contributed by atoms with Crippen molar-refractivity contribution >= 4 is 5.65 Å². The SMILES string of the molecule is N#Cc1cn2ccnc2c(CCC(F)(F)C(F)(F)F)n1. The number of imidazole rings is 1. The van der Waals surface area contributed by atoms with E-state index in [1.54, 1.807) is 6.07 Å². The zero-order chi connectivity index (χ0) is 15.0. The van der Waals surface area contributed by atoms with E-state index in [2.05, 4.69) is 9.97 Å². The van der Waals surface area contributed by atoms with Crippen molar-refractivity contribution in [2.75, 3.05) is 0 Å². The number of hydrogen-bond donors (Lipinski definition) is 0. The summed E-state index contributed by atoms with van der Waals surface area (Å²) in [5, 5.41) is 8.74. The maximum Gasteiger partial charge on any atom is 0.453 e. The van der Waals surface area contributed by atoms with Crippen molar-refractivity contribution in [1.82, 2.24) is 14.4 Å². The van der Waals surface area contributed by atoms with Crippen LogP contribution in [0.2, 0.25) is 0 Å². The average Bonchev–Trinajstić information content (AvgIpc) is 2.82. The summed E-state index contributed by atoms with van der Waals surface area (Å²) in [4.78, 5) is 7.55. The maximum atomic E-state index is 12.9. The highest BCUT2D eigenvalue weighted by atomic mass is 19.4. The third-order valence-electron chi connectivity index (χ3n) is 2.65. The molecule has 0 radical (unpaired) electrons. The van der Waals surface area contributed by atoms with E-state index in [0.29, 0.717) is 0 Å². The number of aryl methyl sites for hydroxylation is 1. The molecule has 0 aromatic carbocycles. The van der Waals surface area contributed by atoms with Crippen LogP contribution in [0.5, 0.6) is 0 Å². The Labute approximate surface area is 109 Å². The first-order valence-electron chi connectivity index (χ1n) is 5.42. The molecule has 106 valence electrons. The first-order valence-corrected chi connectivity index (χ1v) is 5.42. The van der Waals surface area contributed by atoms with E-state index in [1.807, 2.05) is 0 Å². The van der Waals surface area contributed by atoms with E-state index in [4.69, 9.17) is 5.26 Å². The van der Waals surface area contributed by atoms with Gasteiger partial charge in [0.05, 0.1) is 5.69 Å². The van der Waals surface area contributed by atoms with Gasteiger partial charge < -0.3 is 4.40 Å². The highest BCUT2D eigenvalue weighted by Crippen LogP contribution is 2.38. The van der Waals surface area contributed by atoms with Crippen LogP contribution in [0.1, 0.15) is 17.8 Å². The highest BCUT2D eigenvalue weighted by Gasteiger charge is 2.56. The molecule has 20 heavy (non-hydrogen) atoms. The Balaban J connectivity index is 2.30. The topological polar surface area (TPSA) is 54.0 Å². The summed E-state index contributed by atoms with van der Waals surface area (Å²) >= 11 is 0. The Morgan fingerprint density at radius 1 is 1.25 bits per heavy atom. The van der Waals surface area contributed by atoms with E-state index in [9.17, 15) is 22.0 Å². The van der Waals surface area contributed by atoms with Gasteiger partial charge in [0.25, 0.3) is 0 Å². The summed E-state index contributed by atoms with van der Waals surface area (Å²) in [6.07, 6.45) is -3.59. The largest absolute Gasteiger partial charge is 0.453 e. The number of alkyl halides is 5. The molecular formula is C11H7F5N4. The smallest absolute Gasteiger partial charge is 0.303 e. The van der Waals surface area contributed by atoms with Crippen LogP contribution in [-0.4, -0.2) is 26.5 Å². The van der Waals surface area contributed by atoms with Crippen LogP contribution in [0.25, 0.3) is 5.65 Å². The minimum Gasteiger partial charge on any atom is -0.303 e. The molecule has 0 aliphatic rings. The second-order valence-corrected chi connectivity index (χ2v) is 4.04. The number of halogens is 5. The van der Waals surface area contributed by atoms with E-state index >= 15 is 0 Å². The van der Waals surface area contributed by atoms with Gasteiger partial charge in [0.15, 0.2) is 11.3 Å². The van der Waals surface area contributed by atoms with Crippen molar-refractivity contribution in [1.29, 1.82) is 5.26 Å². The van der Waals surface area contributed by atoms with Crippen molar-refractivity contribution in [2.24, 2.45) is 0 Å². The summed E-state index contributed by atoms with van der Waals surface area (Å²) in [6, 6.07) is 1.71. The van der Waals surface area contributed by atoms with Gasteiger partial charge in [0.2, 0.25) is 0 Å². The summed E-state index contributed by atoms with van der Waals surface area (Å²) in [7, 11) is 0. The lowest BCUT2D eigenvalue weighted by atomic mass is 10.1. The molecule has 0 aliphatic heterocycles. The Hall–Kier alpha value is -2.24. The zero-order valence-electron chi connectivity index (χ0n) is 9.82. The second-order valence-electron chi connectivity index (χ2n) is 4.04. The van der Waals surface area contributed by atoms with Crippen LogP contribution in [0, 0.1) is 11.3 Å². The van der Waals surface area contributed by atoms with E-state index in [0.717, 1.165) is 0 Å². The molecule has 0 spiro atoms. The molecule has 0 saturated heterocycles. The molecule has 2 aromatic heterocycles. The Morgan fingerprint density at radius 3 is 2.55 bits per heavy atom. The molecule has 0 atom stereocenters. The second kappa shape index (κ2) is 4.70. The van der Waals surface area contributed by atoms with Gasteiger partial charge in [-0.05, 0) is 6.42 Å². The summed E-state index contributed by atoms with van der Waals surface area (Å²) in [5.74, 6) is -4.80. The third kappa shape index (κ3) is 2.54. The van der Waals surface area contributed by atoms with Gasteiger partial charge in [-0.2, -0.15) is 27.2 Å². The van der Waals surface area contributed by atoms with Crippen LogP contribution in [0.15, 0.2) is 18.6 Å². The zero-order valence-corrected chi connectivity index (χ0v) is 9.82. The normalized spacial score (nSPS) is 12.6. The van der Waals surface area contributed by atoms with Gasteiger partial charge in [-0.3, -0.25) is 0 Å². The predicted molar refractivity (Wildman–Crippen MR) is 57.0 cm³/mol. The number of fused-ring (bicyclic) bond motifs is 1. The Kier molecular flexibility index (Phi) is 3.33. The van der Waals surface area contributed by atoms with E-state index in [1.165, 1.54) is 23.0 Å². The predicted octanol–water partition coefficient (Wildman–Crippen LogP) is 2.73. The summed E-state index contributed by atoms with van der Waals surface area (Å²) in [6.45, 7) is 0. The third-order valence-corrected chi connectivity index (χ3v) is 2.65. The fourth-order valence-corrected chi connectivity index (χ4v) is 1.64. The van der Waals surface area contributed by atoms with Crippen molar-refractivity contribution in [3.8, 4) is 6.07 Å². The van der Waals surface area contributed by atoms with E-state index < -0.39 is 24.9 Å². The number of aromatic nitrogens is 3. The molecule has 2 aromatic rings. The van der Waals surface area contributed by atoms with Gasteiger partial charge in [-0.1, -0.05) is 0 Å². The fraction of sp³-hybridized carbons (Fsp3) is 0.364. The lowest BCUT2D eigenvalue weighted by molar-refractivity contribution is -0.284. The maximum absolute atomic E-state index is 12.9. The monoisotopic (exact) mass is 290 g/mol. The molecule has 9 heteroatoms. The molecule has 2 heterocycles. The molecule has 0 N–H and O–H groups in total. The van der Waals surface area contributed by atoms with Crippen LogP contribution in [-0.2, 0) is 6.42 Å². The fourth-order valence-electron chi connectivity index (χ4n) is 1.64. The number of rotatable bonds is 3. The van der Waals surface area contributed by atoms with Crippen molar-refractivity contribution in [2.45, 2.75) is 24.9 Å². The van der Waals surface area contributed by atoms with Crippen molar-refractivity contribution < 1.29 is 22.0 Å². The van der Waals surface area contributed by atoms with E-state index in [-0.39, 0.29) is 17.0 Å². The van der Waals surface area contributed by atoms with Crippen LogP contribution in [0.4, 0.5) is 22.0 Å². The Morgan fingerprint density at radius 2 is 1.95 bits per heavy atom. The number of hydrogen-bond acceptors (Lipinski definition) is 3. The van der Waals surface area contributed by atoms with Gasteiger partial charge >= 0.3 is 12.1 Å². The first-order chi connectivity index (χ1) is 9.24. The average molecular weight is 290 g/mol. The molecule has 2 rings (SSSR count). The summed E-state index contributed by atoms with van der Waals surface area (Å²) < 4.78 is 63.4. The molecule has 0 fully saturated rings. The van der Waals surface area contributed by atoms with Gasteiger partial charge in [0, 0.05) is 25.0 Å². The van der Waals surface area contributed by atoms with Gasteiger partial charge in [-0.25, -0.2) is 9.97 Å². The lowest BCUT2D eigenvalue weighted by Gasteiger charge is -2.19. The molecule has 0 saturated carbocycles. The standard InChI is InChI=1S/C11H7F5N4/c12-10(13,11(14,15)16)2-1-8-9-18-3-4-20(9)6-7(5-17)19-8/h3-4,6H,1-2H2. The molecular weight excluding hydrogens is 283 g/mol. The Bertz CT molecular complexity index is 667. The lowest BCUT2D eigenvalue weighted by Crippen LogP contribution is -2.36. The van der Waals surface area contributed by atoms with Crippen LogP contribution < -0.4 is 0 Å². The molecule has 0 amide bonds. The molecule has 0 bridgehead atoms. The molecule has 4 nitrogen and oxygen atoms in total. The summed E-state index contributed by atoms with van der Waals surface area (Å²) in [5.41, 5.74) is 0.000717. The van der Waals surface area contributed by atoms with Crippen molar-refractivity contribution in [3.05, 3.63) is 30.0 Å². The molecule has 0 aliphatic carbocycles. The van der Waals surface area contributed by atoms with Gasteiger partial charge in [0.1, 0.15) is 6.07 Å². The quantitative estimate of drug-likeness (QED) is 0.817. The molecule has 0 unspecified atom stereocenters. The minimum atomic E-state index is -5.61. The minimum absolute atomic E-state index is 0.0713.